The molecule has 3 aromatic rings. The molecule has 6 heteroatoms. The molecule has 0 atom stereocenters. The van der Waals surface area contributed by atoms with Crippen LogP contribution >= 0.6 is 11.3 Å². The Kier molecular flexibility index (Phi) is 5.71. The maximum Gasteiger partial charge on any atom is 0.265 e. The highest BCUT2D eigenvalue weighted by Gasteiger charge is 2.27. The third kappa shape index (κ3) is 4.38. The molecule has 1 aliphatic rings. The quantitative estimate of drug-likeness (QED) is 0.709. The van der Waals surface area contributed by atoms with E-state index < -0.39 is 0 Å². The Hall–Kier alpha value is -2.99. The second-order valence-corrected chi connectivity index (χ2v) is 8.20. The minimum atomic E-state index is -0.0545. The number of hydrogen-bond acceptors (Lipinski definition) is 4. The molecule has 0 saturated carbocycles. The molecule has 4 rings (SSSR count). The molecule has 0 unspecified atom stereocenters. The number of amides is 2. The van der Waals surface area contributed by atoms with Gasteiger partial charge in [-0.15, -0.1) is 11.3 Å². The molecule has 0 bridgehead atoms. The molecule has 0 spiro atoms. The number of nitrogens with zero attached hydrogens (tertiary/aromatic N) is 2. The topological polar surface area (TPSA) is 62.3 Å². The average molecular weight is 406 g/mol. The fourth-order valence-electron chi connectivity index (χ4n) is 3.53. The molecule has 5 nitrogen and oxygen atoms in total. The molecule has 1 saturated heterocycles. The van der Waals surface area contributed by atoms with E-state index in [4.69, 9.17) is 0 Å². The lowest BCUT2D eigenvalue weighted by atomic mass is 10.0. The molecule has 0 aliphatic carbocycles. The molecule has 148 valence electrons. The Balaban J connectivity index is 1.37. The molecule has 1 N–H and O–H groups in total. The molecular weight excluding hydrogens is 382 g/mol. The van der Waals surface area contributed by atoms with Crippen LogP contribution in [-0.4, -0.2) is 40.8 Å². The van der Waals surface area contributed by atoms with E-state index in [9.17, 15) is 9.59 Å². The number of piperidine rings is 1. The van der Waals surface area contributed by atoms with Gasteiger partial charge in [0, 0.05) is 30.3 Å². The van der Waals surface area contributed by atoms with Crippen LogP contribution in [-0.2, 0) is 0 Å². The zero-order valence-corrected chi connectivity index (χ0v) is 17.1. The normalized spacial score (nSPS) is 14.6. The molecule has 2 amide bonds. The van der Waals surface area contributed by atoms with Crippen molar-refractivity contribution in [1.29, 1.82) is 0 Å². The van der Waals surface area contributed by atoms with E-state index in [0.717, 1.165) is 29.1 Å². The van der Waals surface area contributed by atoms with Crippen molar-refractivity contribution in [3.63, 3.8) is 0 Å². The summed E-state index contributed by atoms with van der Waals surface area (Å²) in [6, 6.07) is 19.3. The zero-order valence-electron chi connectivity index (χ0n) is 16.3. The summed E-state index contributed by atoms with van der Waals surface area (Å²) >= 11 is 1.45. The van der Waals surface area contributed by atoms with Crippen molar-refractivity contribution in [3.8, 4) is 10.6 Å². The van der Waals surface area contributed by atoms with Gasteiger partial charge in [0.1, 0.15) is 9.88 Å². The van der Waals surface area contributed by atoms with Crippen LogP contribution in [0.2, 0.25) is 0 Å². The van der Waals surface area contributed by atoms with Gasteiger partial charge in [0.25, 0.3) is 11.8 Å². The first kappa shape index (κ1) is 19.3. The molecule has 1 fully saturated rings. The molecule has 29 heavy (non-hydrogen) atoms. The number of benzene rings is 2. The van der Waals surface area contributed by atoms with Crippen LogP contribution in [0.5, 0.6) is 0 Å². The molecular formula is C23H23N3O2S. The molecule has 1 aromatic heterocycles. The van der Waals surface area contributed by atoms with Crippen molar-refractivity contribution in [2.24, 2.45) is 0 Å². The summed E-state index contributed by atoms with van der Waals surface area (Å²) < 4.78 is 0. The minimum Gasteiger partial charge on any atom is -0.349 e. The Morgan fingerprint density at radius 1 is 1.00 bits per heavy atom. The van der Waals surface area contributed by atoms with Crippen molar-refractivity contribution in [2.75, 3.05) is 13.1 Å². The average Bonchev–Trinajstić information content (AvgIpc) is 3.16. The summed E-state index contributed by atoms with van der Waals surface area (Å²) in [6.07, 6.45) is 1.52. The van der Waals surface area contributed by atoms with Crippen LogP contribution in [0.3, 0.4) is 0 Å². The van der Waals surface area contributed by atoms with Gasteiger partial charge in [-0.3, -0.25) is 9.59 Å². The van der Waals surface area contributed by atoms with Gasteiger partial charge in [0.05, 0.1) is 5.69 Å². The van der Waals surface area contributed by atoms with E-state index in [1.807, 2.05) is 72.5 Å². The van der Waals surface area contributed by atoms with E-state index in [1.54, 1.807) is 0 Å². The highest BCUT2D eigenvalue weighted by molar-refractivity contribution is 7.17. The number of aryl methyl sites for hydroxylation is 1. The lowest BCUT2D eigenvalue weighted by Crippen LogP contribution is -2.46. The van der Waals surface area contributed by atoms with Gasteiger partial charge in [-0.05, 0) is 31.9 Å². The maximum atomic E-state index is 13.0. The van der Waals surface area contributed by atoms with Crippen molar-refractivity contribution in [1.82, 2.24) is 15.2 Å². The SMILES string of the molecule is Cc1nc(-c2ccccc2)sc1C(=O)N1CCC(NC(=O)c2ccccc2)CC1. The minimum absolute atomic E-state index is 0.0371. The summed E-state index contributed by atoms with van der Waals surface area (Å²) in [5, 5.41) is 3.96. The summed E-state index contributed by atoms with van der Waals surface area (Å²) in [5.41, 5.74) is 2.47. The third-order valence-corrected chi connectivity index (χ3v) is 6.36. The molecule has 1 aliphatic heterocycles. The van der Waals surface area contributed by atoms with Crippen LogP contribution in [0.15, 0.2) is 60.7 Å². The van der Waals surface area contributed by atoms with Gasteiger partial charge < -0.3 is 10.2 Å². The number of thiazole rings is 1. The van der Waals surface area contributed by atoms with Gasteiger partial charge >= 0.3 is 0 Å². The first-order valence-corrected chi connectivity index (χ1v) is 10.6. The monoisotopic (exact) mass is 405 g/mol. The van der Waals surface area contributed by atoms with E-state index in [2.05, 4.69) is 10.3 Å². The van der Waals surface area contributed by atoms with E-state index >= 15 is 0 Å². The van der Waals surface area contributed by atoms with Crippen molar-refractivity contribution in [2.45, 2.75) is 25.8 Å². The first-order chi connectivity index (χ1) is 14.1. The number of likely N-dealkylation sites (tertiary alicyclic amines) is 1. The maximum absolute atomic E-state index is 13.0. The van der Waals surface area contributed by atoms with Crippen molar-refractivity contribution >= 4 is 23.2 Å². The van der Waals surface area contributed by atoms with E-state index in [1.165, 1.54) is 11.3 Å². The van der Waals surface area contributed by atoms with Crippen LogP contribution in [0, 0.1) is 6.92 Å². The van der Waals surface area contributed by atoms with Crippen LogP contribution in [0.4, 0.5) is 0 Å². The number of hydrogen-bond donors (Lipinski definition) is 1. The second-order valence-electron chi connectivity index (χ2n) is 7.21. The van der Waals surface area contributed by atoms with Crippen LogP contribution in [0.1, 0.15) is 38.6 Å². The fourth-order valence-corrected chi connectivity index (χ4v) is 4.57. The Morgan fingerprint density at radius 3 is 2.28 bits per heavy atom. The lowest BCUT2D eigenvalue weighted by Gasteiger charge is -2.32. The van der Waals surface area contributed by atoms with Gasteiger partial charge in [-0.2, -0.15) is 0 Å². The third-order valence-electron chi connectivity index (χ3n) is 5.16. The number of carbonyl (C=O) groups excluding carboxylic acids is 2. The number of nitrogens with one attached hydrogen (secondary N) is 1. The van der Waals surface area contributed by atoms with E-state index in [-0.39, 0.29) is 17.9 Å². The zero-order chi connectivity index (χ0) is 20.2. The summed E-state index contributed by atoms with van der Waals surface area (Å²) in [4.78, 5) is 32.5. The van der Waals surface area contributed by atoms with Gasteiger partial charge in [0.2, 0.25) is 0 Å². The van der Waals surface area contributed by atoms with Gasteiger partial charge in [-0.25, -0.2) is 4.98 Å². The summed E-state index contributed by atoms with van der Waals surface area (Å²) in [5.74, 6) is -0.0174. The van der Waals surface area contributed by atoms with Crippen LogP contribution in [0.25, 0.3) is 10.6 Å². The highest BCUT2D eigenvalue weighted by Crippen LogP contribution is 2.29. The fraction of sp³-hybridized carbons (Fsp3) is 0.261. The predicted octanol–water partition coefficient (Wildman–Crippen LogP) is 4.15. The number of rotatable bonds is 4. The number of aromatic nitrogens is 1. The standard InChI is InChI=1S/C23H23N3O2S/c1-16-20(29-22(24-16)18-10-6-3-7-11-18)23(28)26-14-12-19(13-15-26)25-21(27)17-8-4-2-5-9-17/h2-11,19H,12-15H2,1H3,(H,25,27). The lowest BCUT2D eigenvalue weighted by molar-refractivity contribution is 0.0702. The Labute approximate surface area is 174 Å². The smallest absolute Gasteiger partial charge is 0.265 e. The molecule has 2 heterocycles. The molecule has 2 aromatic carbocycles. The van der Waals surface area contributed by atoms with Gasteiger partial charge in [0.15, 0.2) is 0 Å². The second kappa shape index (κ2) is 8.57. The van der Waals surface area contributed by atoms with Crippen molar-refractivity contribution < 1.29 is 9.59 Å². The van der Waals surface area contributed by atoms with Gasteiger partial charge in [-0.1, -0.05) is 48.5 Å². The van der Waals surface area contributed by atoms with E-state index in [0.29, 0.717) is 23.5 Å². The largest absolute Gasteiger partial charge is 0.349 e. The Morgan fingerprint density at radius 2 is 1.62 bits per heavy atom. The van der Waals surface area contributed by atoms with Crippen LogP contribution < -0.4 is 5.32 Å². The molecule has 0 radical (unpaired) electrons. The Bertz CT molecular complexity index is 993. The number of carbonyl (C=O) groups is 2. The first-order valence-electron chi connectivity index (χ1n) is 9.80. The predicted molar refractivity (Wildman–Crippen MR) is 115 cm³/mol. The van der Waals surface area contributed by atoms with Crippen molar-refractivity contribution in [3.05, 3.63) is 76.8 Å². The summed E-state index contributed by atoms with van der Waals surface area (Å²) in [7, 11) is 0. The highest BCUT2D eigenvalue weighted by atomic mass is 32.1. The summed E-state index contributed by atoms with van der Waals surface area (Å²) in [6.45, 7) is 3.16.